The summed E-state index contributed by atoms with van der Waals surface area (Å²) in [6.45, 7) is -0.239. The van der Waals surface area contributed by atoms with Crippen LogP contribution in [0.3, 0.4) is 0 Å². The number of aromatic nitrogens is 3. The first-order valence-electron chi connectivity index (χ1n) is 9.06. The molecule has 30 heavy (non-hydrogen) atoms. The summed E-state index contributed by atoms with van der Waals surface area (Å²) in [6.07, 6.45) is 1.86. The molecule has 0 saturated carbocycles. The number of halogens is 3. The van der Waals surface area contributed by atoms with Crippen LogP contribution in [0.15, 0.2) is 29.1 Å². The summed E-state index contributed by atoms with van der Waals surface area (Å²) in [5, 5.41) is 30.9. The molecule has 160 valence electrons. The maximum absolute atomic E-state index is 14.7. The molecule has 2 aromatic heterocycles. The molecule has 0 aliphatic carbocycles. The van der Waals surface area contributed by atoms with Gasteiger partial charge in [0.2, 0.25) is 0 Å². The number of fused-ring (bicyclic) bond motifs is 1. The smallest absolute Gasteiger partial charge is 0.187 e. The SMILES string of the molecule is Cn1cc2c(n1)CN(c1c(F)cc(N(O)CC(O)CNc3ccon3)c(F)c1F)C2. The lowest BCUT2D eigenvalue weighted by molar-refractivity contribution is 0.145. The van der Waals surface area contributed by atoms with E-state index in [9.17, 15) is 23.5 Å². The van der Waals surface area contributed by atoms with Crippen molar-refractivity contribution in [2.24, 2.45) is 7.05 Å². The Labute approximate surface area is 168 Å². The maximum Gasteiger partial charge on any atom is 0.187 e. The lowest BCUT2D eigenvalue weighted by Gasteiger charge is -2.24. The minimum absolute atomic E-state index is 0.0618. The Kier molecular flexibility index (Phi) is 5.26. The first kappa shape index (κ1) is 20.0. The molecule has 12 heteroatoms. The van der Waals surface area contributed by atoms with Crippen LogP contribution in [0.5, 0.6) is 0 Å². The van der Waals surface area contributed by atoms with E-state index in [0.29, 0.717) is 17.6 Å². The van der Waals surface area contributed by atoms with E-state index in [1.165, 1.54) is 17.2 Å². The average molecular weight is 424 g/mol. The second-order valence-electron chi connectivity index (χ2n) is 6.99. The molecular weight excluding hydrogens is 405 g/mol. The third kappa shape index (κ3) is 3.78. The van der Waals surface area contributed by atoms with Crippen molar-refractivity contribution in [1.82, 2.24) is 14.9 Å². The molecule has 3 aromatic rings. The van der Waals surface area contributed by atoms with Crippen molar-refractivity contribution < 1.29 is 28.0 Å². The summed E-state index contributed by atoms with van der Waals surface area (Å²) in [7, 11) is 1.74. The van der Waals surface area contributed by atoms with E-state index < -0.39 is 41.5 Å². The lowest BCUT2D eigenvalue weighted by atomic mass is 10.2. The van der Waals surface area contributed by atoms with Crippen molar-refractivity contribution in [2.45, 2.75) is 19.2 Å². The number of hydroxylamine groups is 1. The standard InChI is InChI=1S/C18H19F3N6O3/c1-25-6-10-7-26(9-13(10)23-25)18-12(19)4-14(16(20)17(18)21)27(29)8-11(28)5-22-15-2-3-30-24-15/h2-4,6,11,28-29H,5,7-9H2,1H3,(H,22,24). The number of anilines is 3. The third-order valence-corrected chi connectivity index (χ3v) is 4.74. The predicted octanol–water partition coefficient (Wildman–Crippen LogP) is 2.01. The molecule has 0 radical (unpaired) electrons. The van der Waals surface area contributed by atoms with Gasteiger partial charge >= 0.3 is 0 Å². The highest BCUT2D eigenvalue weighted by Crippen LogP contribution is 2.36. The van der Waals surface area contributed by atoms with Gasteiger partial charge in [-0.3, -0.25) is 15.0 Å². The fourth-order valence-corrected chi connectivity index (χ4v) is 3.39. The molecule has 1 aliphatic rings. The summed E-state index contributed by atoms with van der Waals surface area (Å²) < 4.78 is 50.2. The Morgan fingerprint density at radius 2 is 2.10 bits per heavy atom. The fourth-order valence-electron chi connectivity index (χ4n) is 3.39. The molecule has 0 saturated heterocycles. The largest absolute Gasteiger partial charge is 0.389 e. The zero-order chi connectivity index (χ0) is 21.4. The Morgan fingerprint density at radius 1 is 1.30 bits per heavy atom. The second-order valence-corrected chi connectivity index (χ2v) is 6.99. The molecule has 3 N–H and O–H groups in total. The van der Waals surface area contributed by atoms with Gasteiger partial charge in [-0.25, -0.2) is 13.2 Å². The van der Waals surface area contributed by atoms with Gasteiger partial charge in [-0.15, -0.1) is 0 Å². The summed E-state index contributed by atoms with van der Waals surface area (Å²) >= 11 is 0. The van der Waals surface area contributed by atoms with Gasteiger partial charge < -0.3 is 19.8 Å². The van der Waals surface area contributed by atoms with E-state index >= 15 is 0 Å². The number of nitrogens with zero attached hydrogens (tertiary/aromatic N) is 5. The molecule has 9 nitrogen and oxygen atoms in total. The van der Waals surface area contributed by atoms with Gasteiger partial charge in [0.05, 0.1) is 24.9 Å². The number of aliphatic hydroxyl groups is 1. The van der Waals surface area contributed by atoms with Gasteiger partial charge in [0.25, 0.3) is 0 Å². The molecule has 0 spiro atoms. The quantitative estimate of drug-likeness (QED) is 0.391. The van der Waals surface area contributed by atoms with Crippen LogP contribution in [0.25, 0.3) is 0 Å². The van der Waals surface area contributed by atoms with Crippen molar-refractivity contribution in [2.75, 3.05) is 28.4 Å². The monoisotopic (exact) mass is 424 g/mol. The van der Waals surface area contributed by atoms with Gasteiger partial charge in [0.15, 0.2) is 23.3 Å². The van der Waals surface area contributed by atoms with E-state index in [2.05, 4.69) is 20.1 Å². The Balaban J connectivity index is 1.47. The van der Waals surface area contributed by atoms with E-state index in [1.54, 1.807) is 17.9 Å². The van der Waals surface area contributed by atoms with Crippen molar-refractivity contribution >= 4 is 17.2 Å². The number of aryl methyl sites for hydroxylation is 1. The zero-order valence-electron chi connectivity index (χ0n) is 15.9. The summed E-state index contributed by atoms with van der Waals surface area (Å²) in [4.78, 5) is 1.34. The van der Waals surface area contributed by atoms with E-state index in [0.717, 1.165) is 5.56 Å². The van der Waals surface area contributed by atoms with Gasteiger partial charge in [-0.05, 0) is 0 Å². The molecule has 1 atom stereocenters. The van der Waals surface area contributed by atoms with Crippen LogP contribution in [0, 0.1) is 17.5 Å². The third-order valence-electron chi connectivity index (χ3n) is 4.74. The van der Waals surface area contributed by atoms with Crippen LogP contribution in [0.2, 0.25) is 0 Å². The molecule has 0 amide bonds. The van der Waals surface area contributed by atoms with Gasteiger partial charge in [0.1, 0.15) is 17.6 Å². The highest BCUT2D eigenvalue weighted by molar-refractivity contribution is 5.60. The van der Waals surface area contributed by atoms with Crippen LogP contribution in [-0.4, -0.2) is 44.4 Å². The topological polar surface area (TPSA) is 103 Å². The van der Waals surface area contributed by atoms with Crippen LogP contribution in [0.4, 0.5) is 30.4 Å². The first-order valence-corrected chi connectivity index (χ1v) is 9.06. The number of rotatable bonds is 7. The highest BCUT2D eigenvalue weighted by atomic mass is 19.2. The predicted molar refractivity (Wildman–Crippen MR) is 99.5 cm³/mol. The van der Waals surface area contributed by atoms with Gasteiger partial charge in [-0.2, -0.15) is 5.10 Å². The number of aliphatic hydroxyl groups excluding tert-OH is 1. The van der Waals surface area contributed by atoms with Gasteiger partial charge in [-0.1, -0.05) is 5.16 Å². The molecule has 1 aliphatic heterocycles. The van der Waals surface area contributed by atoms with Crippen LogP contribution in [0.1, 0.15) is 11.3 Å². The van der Waals surface area contributed by atoms with Crippen molar-refractivity contribution in [3.8, 4) is 0 Å². The second kappa shape index (κ2) is 7.88. The summed E-state index contributed by atoms with van der Waals surface area (Å²) in [5.41, 5.74) is 0.211. The normalized spacial score (nSPS) is 14.1. The van der Waals surface area contributed by atoms with E-state index in [4.69, 9.17) is 0 Å². The molecular formula is C18H19F3N6O3. The maximum atomic E-state index is 14.7. The van der Waals surface area contributed by atoms with E-state index in [1.807, 2.05) is 0 Å². The molecule has 4 rings (SSSR count). The highest BCUT2D eigenvalue weighted by Gasteiger charge is 2.30. The minimum atomic E-state index is -1.42. The average Bonchev–Trinajstić information content (AvgIpc) is 3.40. The molecule has 0 bridgehead atoms. The molecule has 1 unspecified atom stereocenters. The first-order chi connectivity index (χ1) is 14.3. The Hall–Kier alpha value is -3.25. The zero-order valence-corrected chi connectivity index (χ0v) is 15.9. The van der Waals surface area contributed by atoms with Crippen molar-refractivity contribution in [3.05, 3.63) is 53.3 Å². The van der Waals surface area contributed by atoms with Crippen LogP contribution < -0.4 is 15.3 Å². The molecule has 0 fully saturated rings. The van der Waals surface area contributed by atoms with Crippen molar-refractivity contribution in [1.29, 1.82) is 0 Å². The fraction of sp³-hybridized carbons (Fsp3) is 0.333. The lowest BCUT2D eigenvalue weighted by Crippen LogP contribution is -2.35. The minimum Gasteiger partial charge on any atom is -0.389 e. The van der Waals surface area contributed by atoms with E-state index in [-0.39, 0.29) is 24.7 Å². The Morgan fingerprint density at radius 3 is 2.80 bits per heavy atom. The number of hydrogen-bond acceptors (Lipinski definition) is 8. The van der Waals surface area contributed by atoms with Crippen molar-refractivity contribution in [3.63, 3.8) is 0 Å². The number of hydrogen-bond donors (Lipinski definition) is 3. The van der Waals surface area contributed by atoms with Gasteiger partial charge in [0, 0.05) is 44.0 Å². The summed E-state index contributed by atoms with van der Waals surface area (Å²) in [5.74, 6) is -3.52. The number of benzene rings is 1. The molecule has 1 aromatic carbocycles. The van der Waals surface area contributed by atoms with Crippen LogP contribution in [-0.2, 0) is 20.1 Å². The molecule has 3 heterocycles. The number of nitrogens with one attached hydrogen (secondary N) is 1. The van der Waals surface area contributed by atoms with Crippen LogP contribution >= 0.6 is 0 Å². The summed E-state index contributed by atoms with van der Waals surface area (Å²) in [6, 6.07) is 2.21. The Bertz CT molecular complexity index is 1020.